The monoisotopic (exact) mass is 801 g/mol. The van der Waals surface area contributed by atoms with Crippen LogP contribution in [0.4, 0.5) is 0 Å². The quantitative estimate of drug-likeness (QED) is 0.106. The van der Waals surface area contributed by atoms with Gasteiger partial charge in [-0.3, -0.25) is 34.4 Å². The van der Waals surface area contributed by atoms with Gasteiger partial charge in [0.25, 0.3) is 11.8 Å². The number of carbonyl (C=O) groups excluding carboxylic acids is 4. The number of nitrogens with zero attached hydrogens (tertiary/aromatic N) is 6. The molecule has 298 valence electrons. The molecule has 0 radical (unpaired) electrons. The van der Waals surface area contributed by atoms with E-state index in [2.05, 4.69) is 54.9 Å². The van der Waals surface area contributed by atoms with Crippen LogP contribution in [0.1, 0.15) is 57.7 Å². The van der Waals surface area contributed by atoms with Gasteiger partial charge in [-0.25, -0.2) is 9.97 Å². The Balaban J connectivity index is 0.703. The molecule has 2 aromatic carbocycles. The number of fused-ring (bicyclic) bond motifs is 4. The predicted molar refractivity (Wildman–Crippen MR) is 215 cm³/mol. The molecule has 9 rings (SSSR count). The summed E-state index contributed by atoms with van der Waals surface area (Å²) in [4.78, 5) is 63.8. The van der Waals surface area contributed by atoms with Crippen LogP contribution in [0.5, 0.6) is 17.4 Å². The van der Waals surface area contributed by atoms with Crippen molar-refractivity contribution >= 4 is 45.4 Å². The number of hydrogen-bond donors (Lipinski definition) is 1. The van der Waals surface area contributed by atoms with Crippen molar-refractivity contribution in [1.82, 2.24) is 29.7 Å². The highest BCUT2D eigenvalue weighted by molar-refractivity contribution is 6.23. The molecule has 6 heterocycles. The first-order valence-corrected chi connectivity index (χ1v) is 19.3. The molecule has 2 aliphatic heterocycles. The second kappa shape index (κ2) is 16.0. The second-order valence-corrected chi connectivity index (χ2v) is 14.6. The zero-order valence-electron chi connectivity index (χ0n) is 32.2. The average molecular weight is 802 g/mol. The van der Waals surface area contributed by atoms with Gasteiger partial charge < -0.3 is 23.5 Å². The van der Waals surface area contributed by atoms with E-state index in [-0.39, 0.29) is 56.0 Å². The van der Waals surface area contributed by atoms with Gasteiger partial charge in [-0.2, -0.15) is 5.26 Å². The number of hydrogen-bond acceptors (Lipinski definition) is 12. The molecule has 60 heavy (non-hydrogen) atoms. The minimum absolute atomic E-state index is 0.0496. The first kappa shape index (κ1) is 37.9. The Hall–Kier alpha value is -7.62. The standard InChI is InChI=1S/C45H35N7O8/c1-51-38-12-13-47-25-37(38)34-8-4-26(18-40(34)51)28-17-27(22-46)43(49-23-28)60-33-19-32(20-33)59-31-6-5-29(48-24-31)3-2-14-57-15-16-58-30-7-9-35-36(21-30)45(56)52(44(35)55)39-10-11-41(53)50-42(39)54/h4-9,12-13,17-18,21,23-25,32-33,39H,10-11,14-16,19-20H2,1H3,(H,50,53,54)/t32-,33-,39?. The Labute approximate surface area is 342 Å². The van der Waals surface area contributed by atoms with Crippen molar-refractivity contribution in [2.24, 2.45) is 7.05 Å². The van der Waals surface area contributed by atoms with Gasteiger partial charge in [0, 0.05) is 66.8 Å². The van der Waals surface area contributed by atoms with Crippen molar-refractivity contribution in [1.29, 1.82) is 5.26 Å². The summed E-state index contributed by atoms with van der Waals surface area (Å²) >= 11 is 0. The SMILES string of the molecule is Cn1c2ccncc2c2ccc(-c3cnc(O[C@H]4C[C@H](Oc5ccc(C#CCOCCOc6ccc7c(c6)C(=O)N(C6CCC(=O)NC6=O)C7=O)nc5)C4)c(C#N)c3)cc21. The molecule has 2 fully saturated rings. The number of aromatic nitrogens is 4. The minimum atomic E-state index is -1.03. The van der Waals surface area contributed by atoms with Crippen LogP contribution in [0.3, 0.4) is 0 Å². The number of amides is 4. The number of piperidine rings is 1. The molecule has 0 spiro atoms. The molecular formula is C45H35N7O8. The highest BCUT2D eigenvalue weighted by Gasteiger charge is 2.44. The van der Waals surface area contributed by atoms with Crippen molar-refractivity contribution in [3.05, 3.63) is 108 Å². The van der Waals surface area contributed by atoms with E-state index in [0.29, 0.717) is 41.5 Å². The van der Waals surface area contributed by atoms with Crippen molar-refractivity contribution in [3.63, 3.8) is 0 Å². The maximum absolute atomic E-state index is 13.0. The third kappa shape index (κ3) is 7.34. The number of benzene rings is 2. The number of aryl methyl sites for hydroxylation is 1. The number of pyridine rings is 3. The summed E-state index contributed by atoms with van der Waals surface area (Å²) < 4.78 is 25.6. The van der Waals surface area contributed by atoms with Crippen molar-refractivity contribution in [2.75, 3.05) is 19.8 Å². The number of rotatable bonds is 11. The van der Waals surface area contributed by atoms with Crippen molar-refractivity contribution < 1.29 is 38.1 Å². The van der Waals surface area contributed by atoms with E-state index in [1.165, 1.54) is 12.1 Å². The Morgan fingerprint density at radius 1 is 0.817 bits per heavy atom. The molecule has 1 N–H and O–H groups in total. The molecule has 1 saturated carbocycles. The highest BCUT2D eigenvalue weighted by Crippen LogP contribution is 2.35. The summed E-state index contributed by atoms with van der Waals surface area (Å²) in [5.41, 5.74) is 5.18. The number of imide groups is 2. The number of nitrogens with one attached hydrogen (secondary N) is 1. The molecule has 0 bridgehead atoms. The van der Waals surface area contributed by atoms with E-state index < -0.39 is 29.7 Å². The zero-order valence-corrected chi connectivity index (χ0v) is 32.2. The molecular weight excluding hydrogens is 767 g/mol. The third-order valence-electron chi connectivity index (χ3n) is 10.8. The Bertz CT molecular complexity index is 2830. The molecule has 6 aromatic rings. The van der Waals surface area contributed by atoms with E-state index in [1.807, 2.05) is 31.4 Å². The second-order valence-electron chi connectivity index (χ2n) is 14.6. The van der Waals surface area contributed by atoms with Gasteiger partial charge >= 0.3 is 0 Å². The molecule has 4 aromatic heterocycles. The van der Waals surface area contributed by atoms with Gasteiger partial charge in [-0.05, 0) is 66.4 Å². The van der Waals surface area contributed by atoms with Crippen LogP contribution in [-0.4, -0.2) is 86.1 Å². The summed E-state index contributed by atoms with van der Waals surface area (Å²) in [6, 6.07) is 19.3. The first-order valence-electron chi connectivity index (χ1n) is 19.3. The van der Waals surface area contributed by atoms with Crippen molar-refractivity contribution in [2.45, 2.75) is 43.9 Å². The highest BCUT2D eigenvalue weighted by atomic mass is 16.5. The lowest BCUT2D eigenvalue weighted by atomic mass is 9.92. The molecule has 3 aliphatic rings. The van der Waals surface area contributed by atoms with E-state index >= 15 is 0 Å². The summed E-state index contributed by atoms with van der Waals surface area (Å²) in [5, 5.41) is 14.3. The Morgan fingerprint density at radius 2 is 1.65 bits per heavy atom. The Morgan fingerprint density at radius 3 is 2.47 bits per heavy atom. The van der Waals surface area contributed by atoms with E-state index in [1.54, 1.807) is 36.8 Å². The van der Waals surface area contributed by atoms with Crippen LogP contribution in [0, 0.1) is 23.2 Å². The van der Waals surface area contributed by atoms with Crippen LogP contribution < -0.4 is 19.5 Å². The number of nitriles is 1. The zero-order chi connectivity index (χ0) is 41.3. The third-order valence-corrected chi connectivity index (χ3v) is 10.8. The first-order chi connectivity index (χ1) is 29.2. The fourth-order valence-corrected chi connectivity index (χ4v) is 7.61. The fourth-order valence-electron chi connectivity index (χ4n) is 7.61. The smallest absolute Gasteiger partial charge is 0.262 e. The fraction of sp³-hybridized carbons (Fsp3) is 0.244. The lowest BCUT2D eigenvalue weighted by Gasteiger charge is -2.35. The van der Waals surface area contributed by atoms with Gasteiger partial charge in [0.15, 0.2) is 0 Å². The largest absolute Gasteiger partial charge is 0.491 e. The van der Waals surface area contributed by atoms with Gasteiger partial charge in [-0.15, -0.1) is 0 Å². The minimum Gasteiger partial charge on any atom is -0.491 e. The van der Waals surface area contributed by atoms with E-state index in [4.69, 9.17) is 18.9 Å². The predicted octanol–water partition coefficient (Wildman–Crippen LogP) is 4.89. The summed E-state index contributed by atoms with van der Waals surface area (Å²) in [7, 11) is 2.03. The molecule has 15 nitrogen and oxygen atoms in total. The topological polar surface area (TPSA) is 188 Å². The van der Waals surface area contributed by atoms with E-state index in [0.717, 1.165) is 37.8 Å². The lowest BCUT2D eigenvalue weighted by Crippen LogP contribution is -2.54. The normalized spacial score (nSPS) is 18.3. The molecule has 15 heteroatoms. The molecule has 1 atom stereocenters. The number of ether oxygens (including phenoxy) is 4. The maximum atomic E-state index is 13.0. The lowest BCUT2D eigenvalue weighted by molar-refractivity contribution is -0.136. The van der Waals surface area contributed by atoms with Crippen LogP contribution in [0.15, 0.2) is 85.5 Å². The molecule has 1 aliphatic carbocycles. The van der Waals surface area contributed by atoms with Gasteiger partial charge in [-0.1, -0.05) is 18.1 Å². The summed E-state index contributed by atoms with van der Waals surface area (Å²) in [6.07, 6.45) is 8.22. The van der Waals surface area contributed by atoms with Gasteiger partial charge in [0.1, 0.15) is 60.3 Å². The van der Waals surface area contributed by atoms with E-state index in [9.17, 15) is 24.4 Å². The van der Waals surface area contributed by atoms with Crippen LogP contribution in [0.2, 0.25) is 0 Å². The summed E-state index contributed by atoms with van der Waals surface area (Å²) in [6.45, 7) is 0.519. The van der Waals surface area contributed by atoms with Gasteiger partial charge in [0.05, 0.1) is 29.4 Å². The van der Waals surface area contributed by atoms with Crippen LogP contribution >= 0.6 is 0 Å². The molecule has 1 saturated heterocycles. The van der Waals surface area contributed by atoms with Crippen molar-refractivity contribution in [3.8, 4) is 46.4 Å². The molecule has 1 unspecified atom stereocenters. The Kier molecular flexibility index (Phi) is 10.1. The number of carbonyl (C=O) groups is 4. The van der Waals surface area contributed by atoms with Crippen LogP contribution in [-0.2, 0) is 21.4 Å². The summed E-state index contributed by atoms with van der Waals surface area (Å²) in [5.74, 6) is 4.87. The molecule has 4 amide bonds. The van der Waals surface area contributed by atoms with Crippen LogP contribution in [0.25, 0.3) is 32.9 Å². The van der Waals surface area contributed by atoms with Gasteiger partial charge in [0.2, 0.25) is 17.7 Å². The maximum Gasteiger partial charge on any atom is 0.262 e. The average Bonchev–Trinajstić information content (AvgIpc) is 3.67.